The predicted octanol–water partition coefficient (Wildman–Crippen LogP) is 15.9. The van der Waals surface area contributed by atoms with Crippen molar-refractivity contribution in [2.24, 2.45) is 0 Å². The number of piperidine rings is 3. The first kappa shape index (κ1) is 68.7. The summed E-state index contributed by atoms with van der Waals surface area (Å²) in [4.78, 5) is 39.9. The van der Waals surface area contributed by atoms with Crippen LogP contribution in [0.2, 0.25) is 0 Å². The first-order valence-electron chi connectivity index (χ1n) is 41.8. The van der Waals surface area contributed by atoms with Gasteiger partial charge in [-0.3, -0.25) is 0 Å². The van der Waals surface area contributed by atoms with Crippen molar-refractivity contribution in [3.63, 3.8) is 0 Å². The molecule has 0 amide bonds. The summed E-state index contributed by atoms with van der Waals surface area (Å²) in [5, 5.41) is 25.5. The summed E-state index contributed by atoms with van der Waals surface area (Å²) >= 11 is 0. The molecule has 15 aromatic rings. The normalized spacial score (nSPS) is 20.3. The lowest BCUT2D eigenvalue weighted by atomic mass is 10.0. The number of anilines is 6. The van der Waals surface area contributed by atoms with Gasteiger partial charge in [0.2, 0.25) is 0 Å². The van der Waals surface area contributed by atoms with Crippen molar-refractivity contribution in [3.05, 3.63) is 206 Å². The van der Waals surface area contributed by atoms with Gasteiger partial charge in [0.1, 0.15) is 119 Å². The van der Waals surface area contributed by atoms with E-state index in [1.807, 2.05) is 64.1 Å². The zero-order valence-corrected chi connectivity index (χ0v) is 64.5. The minimum Gasteiger partial charge on any atom is -0.497 e. The third kappa shape index (κ3) is 17.8. The molecule has 12 heterocycles. The summed E-state index contributed by atoms with van der Waals surface area (Å²) < 4.78 is 213. The Morgan fingerprint density at radius 3 is 1.16 bits per heavy atom. The van der Waals surface area contributed by atoms with Crippen LogP contribution in [0.15, 0.2) is 184 Å². The van der Waals surface area contributed by atoms with Crippen LogP contribution in [0, 0.1) is 20.8 Å². The number of nitrogens with zero attached hydrogens (tertiary/aromatic N) is 17. The van der Waals surface area contributed by atoms with Crippen molar-refractivity contribution in [1.29, 1.82) is 0 Å². The number of halogens is 6. The van der Waals surface area contributed by atoms with E-state index < -0.39 is 82.4 Å². The van der Waals surface area contributed by atoms with E-state index in [1.165, 1.54) is 64.3 Å². The Hall–Kier alpha value is -13.5. The van der Waals surface area contributed by atoms with Crippen molar-refractivity contribution in [2.75, 3.05) is 83.4 Å². The minimum atomic E-state index is -3.82. The maximum atomic E-state index is 15.3. The van der Waals surface area contributed by atoms with E-state index in [1.54, 1.807) is 111 Å². The molecule has 9 aromatic heterocycles. The Morgan fingerprint density at radius 2 is 0.807 bits per heavy atom. The number of alkyl halides is 6. The molecule has 0 aliphatic carbocycles. The highest BCUT2D eigenvalue weighted by Crippen LogP contribution is 2.44. The summed E-state index contributed by atoms with van der Waals surface area (Å²) in [6, 6.07) is 36.5. The molecule has 4 N–H and O–H groups in total. The van der Waals surface area contributed by atoms with Gasteiger partial charge in [0.15, 0.2) is 35.2 Å². The fourth-order valence-corrected chi connectivity index (χ4v) is 13.5. The van der Waals surface area contributed by atoms with Crippen molar-refractivity contribution in [1.82, 2.24) is 88.8 Å². The van der Waals surface area contributed by atoms with E-state index in [9.17, 15) is 8.78 Å². The lowest BCUT2D eigenvalue weighted by Crippen LogP contribution is -2.52. The summed E-state index contributed by atoms with van der Waals surface area (Å²) in [7, 11) is 2.81. The summed E-state index contributed by atoms with van der Waals surface area (Å²) in [5.41, 5.74) is 8.35. The number of aromatic nitrogens is 15. The van der Waals surface area contributed by atoms with Gasteiger partial charge in [-0.25, -0.2) is 84.7 Å². The van der Waals surface area contributed by atoms with E-state index in [-0.39, 0.29) is 77.2 Å². The number of ether oxygens (including phenoxy) is 8. The molecule has 3 unspecified atom stereocenters. The monoisotopic (exact) mass is 1630 g/mol. The predicted molar refractivity (Wildman–Crippen MR) is 433 cm³/mol. The molecule has 35 heteroatoms. The number of pyridine rings is 3. The Kier molecular flexibility index (Phi) is 19.4. The van der Waals surface area contributed by atoms with Crippen molar-refractivity contribution in [3.8, 4) is 63.2 Å². The van der Waals surface area contributed by atoms with Crippen LogP contribution < -0.4 is 59.2 Å². The Labute approximate surface area is 689 Å². The van der Waals surface area contributed by atoms with E-state index in [4.69, 9.17) is 50.2 Å². The number of fused-ring (bicyclic) bond motifs is 6. The number of benzene rings is 6. The molecule has 18 rings (SSSR count). The van der Waals surface area contributed by atoms with E-state index in [0.717, 1.165) is 22.3 Å². The molecule has 0 bridgehead atoms. The maximum absolute atomic E-state index is 15.3. The van der Waals surface area contributed by atoms with Gasteiger partial charge in [-0.1, -0.05) is 6.92 Å². The molecule has 3 saturated heterocycles. The van der Waals surface area contributed by atoms with Crippen LogP contribution in [0.4, 0.5) is 60.9 Å². The van der Waals surface area contributed by atoms with Crippen molar-refractivity contribution >= 4 is 84.2 Å². The maximum Gasteiger partial charge on any atom is 0.296 e. The first-order chi connectivity index (χ1) is 60.9. The molecule has 3 atom stereocenters. The number of hydrogen-bond acceptors (Lipinski definition) is 26. The zero-order chi connectivity index (χ0) is 90.5. The molecule has 0 saturated carbocycles. The molecule has 0 radical (unpaired) electrons. The van der Waals surface area contributed by atoms with Crippen LogP contribution >= 0.6 is 0 Å². The highest BCUT2D eigenvalue weighted by molar-refractivity contribution is 5.99. The van der Waals surface area contributed by atoms with Crippen LogP contribution in [0.25, 0.3) is 49.7 Å². The van der Waals surface area contributed by atoms with E-state index in [0.29, 0.717) is 112 Å². The second-order valence-corrected chi connectivity index (χ2v) is 27.9. The van der Waals surface area contributed by atoms with E-state index >= 15 is 17.6 Å². The van der Waals surface area contributed by atoms with Crippen LogP contribution in [0.1, 0.15) is 60.8 Å². The first-order valence-corrected chi connectivity index (χ1v) is 37.3. The minimum absolute atomic E-state index is 0.111. The van der Waals surface area contributed by atoms with Crippen molar-refractivity contribution < 1.29 is 76.6 Å². The summed E-state index contributed by atoms with van der Waals surface area (Å²) in [6.07, 6.45) is 5.08. The van der Waals surface area contributed by atoms with Gasteiger partial charge in [0, 0.05) is 119 Å². The third-order valence-corrected chi connectivity index (χ3v) is 19.5. The second-order valence-electron chi connectivity index (χ2n) is 27.9. The van der Waals surface area contributed by atoms with Crippen LogP contribution in [-0.2, 0) is 6.42 Å². The smallest absolute Gasteiger partial charge is 0.296 e. The number of aryl methyl sites for hydroxylation is 4. The largest absolute Gasteiger partial charge is 0.497 e. The van der Waals surface area contributed by atoms with Gasteiger partial charge in [-0.2, -0.15) is 15.3 Å². The molecule has 3 fully saturated rings. The number of rotatable bonds is 21. The van der Waals surface area contributed by atoms with Gasteiger partial charge in [0.25, 0.3) is 17.8 Å². The lowest BCUT2D eigenvalue weighted by molar-refractivity contribution is -0.135. The Balaban J connectivity index is 0.000000141. The van der Waals surface area contributed by atoms with Crippen LogP contribution in [0.5, 0.6) is 63.2 Å². The molecule has 0 spiro atoms. The average Bonchev–Trinajstić information content (AvgIpc) is 0.746. The molecule has 119 heavy (non-hydrogen) atoms. The Morgan fingerprint density at radius 1 is 0.429 bits per heavy atom. The second kappa shape index (κ2) is 33.6. The number of nitrogens with one attached hydrogen (secondary N) is 4. The summed E-state index contributed by atoms with van der Waals surface area (Å²) in [6.45, 7) is -1.07. The summed E-state index contributed by atoms with van der Waals surface area (Å²) in [5.74, 6) is -6.04. The molecular formula is C84H81F6N21O8. The SMILES string of the molecule is [2H]C([2H])([2H])N1CCC([2H])(Oc2cc(OC)cc3ncnc(Nc4ccc(Oc5ccn6ncnc6c5)c(C)c4)c23)C(F)(F)C1.[2H]C([2H])([2H])N1CCC([2H])(Oc2cc(OC)cc3ncnc(Nc4ccc(Oc5ccn6ncnc6c5)c(C)c4)c23)C(F)(F)C1.[2H]C1(Oc2cc(CC)cc3ncnc(Nc4ccc(Oc5ccn6ncnc6c5)c(C)c4)c23)CCNCC1(F)F. The zero-order valence-electron chi connectivity index (χ0n) is 73.5. The van der Waals surface area contributed by atoms with Gasteiger partial charge in [-0.05, 0) is 155 Å². The number of hydrogen-bond donors (Lipinski definition) is 4. The topological polar surface area (TPSA) is 296 Å². The lowest BCUT2D eigenvalue weighted by Gasteiger charge is -2.36. The van der Waals surface area contributed by atoms with Crippen LogP contribution in [0.3, 0.4) is 0 Å². The molecule has 3 aliphatic rings. The van der Waals surface area contributed by atoms with Gasteiger partial charge in [-0.15, -0.1) is 0 Å². The van der Waals surface area contributed by atoms with Gasteiger partial charge < -0.3 is 69.0 Å². The molecule has 6 aromatic carbocycles. The van der Waals surface area contributed by atoms with Gasteiger partial charge >= 0.3 is 0 Å². The number of methoxy groups -OCH3 is 2. The average molecular weight is 1640 g/mol. The molecule has 612 valence electrons. The number of likely N-dealkylation sites (tertiary alicyclic amines) is 2. The highest BCUT2D eigenvalue weighted by Gasteiger charge is 2.48. The quantitative estimate of drug-likeness (QED) is 0.0486. The molecule has 29 nitrogen and oxygen atoms in total. The third-order valence-electron chi connectivity index (χ3n) is 19.5. The fourth-order valence-electron chi connectivity index (χ4n) is 13.5. The van der Waals surface area contributed by atoms with Crippen molar-refractivity contribution in [2.45, 2.75) is 89.4 Å². The standard InChI is InChI=1S/2C28H27F2N7O3.C28H27F2N7O2/c2*1-17-10-18(4-5-22(17)39-19-6-9-37-25(13-19)32-16-34-37)35-27-26-21(31-15-33-27)11-20(38-3)12-23(26)40-24-7-8-36(2)14-28(24,29)30;1-3-18-11-21-26(23(12-18)39-24-6-8-31-14-28(24,29)30)27(34-15-32-21)36-19-4-5-22(17(2)10-19)38-20-7-9-37-25(13-20)33-16-35-37/h2*4-6,9-13,15-16,24H,7-8,14H2,1-3H3,(H,31,33,35);4-5,7,9-13,15-16,24,31H,3,6,8,14H2,1-2H3,(H,32,34,36)/i2*2D3,24D;24D. The van der Waals surface area contributed by atoms with Crippen LogP contribution in [-0.4, -0.2) is 187 Å². The molecule has 3 aliphatic heterocycles. The van der Waals surface area contributed by atoms with Gasteiger partial charge in [0.05, 0.1) is 70.7 Å². The Bertz CT molecular complexity index is 6400. The highest BCUT2D eigenvalue weighted by atomic mass is 19.3. The van der Waals surface area contributed by atoms with E-state index in [2.05, 4.69) is 81.4 Å². The molecular weight excluding hydrogens is 1550 g/mol. The fraction of sp³-hybridized carbons (Fsp3) is 0.286.